The van der Waals surface area contributed by atoms with Crippen molar-refractivity contribution in [3.63, 3.8) is 0 Å². The molecule has 0 fully saturated rings. The molecule has 26 heavy (non-hydrogen) atoms. The van der Waals surface area contributed by atoms with Gasteiger partial charge in [-0.3, -0.25) is 14.8 Å². The van der Waals surface area contributed by atoms with Crippen LogP contribution in [0.4, 0.5) is 10.8 Å². The second-order valence-corrected chi connectivity index (χ2v) is 8.25. The Balaban J connectivity index is 1.78. The van der Waals surface area contributed by atoms with Crippen molar-refractivity contribution >= 4 is 38.1 Å². The average molecular weight is 387 g/mol. The smallest absolute Gasteiger partial charge is 0.261 e. The van der Waals surface area contributed by atoms with E-state index in [1.807, 2.05) is 19.9 Å². The summed E-state index contributed by atoms with van der Waals surface area (Å²) in [6, 6.07) is 11.2. The minimum Gasteiger partial charge on any atom is -0.298 e. The predicted octanol–water partition coefficient (Wildman–Crippen LogP) is 3.81. The van der Waals surface area contributed by atoms with Gasteiger partial charge in [-0.1, -0.05) is 12.1 Å². The quantitative estimate of drug-likeness (QED) is 0.697. The number of benzene rings is 2. The number of sulfonamides is 1. The average Bonchev–Trinajstić information content (AvgIpc) is 3.12. The minimum absolute atomic E-state index is 0.0872. The lowest BCUT2D eigenvalue weighted by molar-refractivity contribution is 0.102. The van der Waals surface area contributed by atoms with Crippen molar-refractivity contribution in [1.29, 1.82) is 0 Å². The Hall–Kier alpha value is -2.71. The van der Waals surface area contributed by atoms with Crippen molar-refractivity contribution in [2.24, 2.45) is 0 Å². The molecular formula is C18H17N3O3S2. The summed E-state index contributed by atoms with van der Waals surface area (Å²) >= 11 is 1.31. The van der Waals surface area contributed by atoms with Gasteiger partial charge < -0.3 is 0 Å². The molecule has 0 atom stereocenters. The maximum atomic E-state index is 12.6. The van der Waals surface area contributed by atoms with Crippen LogP contribution in [0, 0.1) is 13.8 Å². The lowest BCUT2D eigenvalue weighted by atomic mass is 10.1. The number of nitrogens with one attached hydrogen (secondary N) is 2. The zero-order valence-corrected chi connectivity index (χ0v) is 15.8. The normalized spacial score (nSPS) is 11.2. The van der Waals surface area contributed by atoms with Gasteiger partial charge in [0.1, 0.15) is 0 Å². The first-order chi connectivity index (χ1) is 12.4. The fraction of sp³-hybridized carbons (Fsp3) is 0.111. The van der Waals surface area contributed by atoms with Crippen molar-refractivity contribution in [1.82, 2.24) is 4.98 Å². The number of rotatable bonds is 5. The summed E-state index contributed by atoms with van der Waals surface area (Å²) in [5.41, 5.74) is 2.76. The molecule has 1 amide bonds. The van der Waals surface area contributed by atoms with E-state index in [1.54, 1.807) is 23.7 Å². The molecule has 8 heteroatoms. The van der Waals surface area contributed by atoms with Gasteiger partial charge in [0.25, 0.3) is 15.9 Å². The van der Waals surface area contributed by atoms with E-state index >= 15 is 0 Å². The number of anilines is 2. The molecule has 0 aliphatic rings. The Labute approximate surface area is 156 Å². The second-order valence-electron chi connectivity index (χ2n) is 5.67. The van der Waals surface area contributed by atoms with E-state index in [-0.39, 0.29) is 10.8 Å². The Morgan fingerprint density at radius 2 is 1.81 bits per heavy atom. The zero-order chi connectivity index (χ0) is 18.7. The first-order valence-corrected chi connectivity index (χ1v) is 10.1. The van der Waals surface area contributed by atoms with Crippen LogP contribution in [-0.4, -0.2) is 19.3 Å². The molecule has 3 aromatic rings. The van der Waals surface area contributed by atoms with E-state index < -0.39 is 10.0 Å². The van der Waals surface area contributed by atoms with Gasteiger partial charge in [-0.2, -0.15) is 0 Å². The lowest BCUT2D eigenvalue weighted by Gasteiger charge is -2.12. The standard InChI is InChI=1S/C18H17N3O3S2/c1-12-4-3-5-16(13(12)2)21-26(23,24)15-8-6-14(7-9-15)17(22)20-18-19-10-11-25-18/h3-11,21H,1-2H3,(H,19,20,22). The van der Waals surface area contributed by atoms with Crippen molar-refractivity contribution < 1.29 is 13.2 Å². The van der Waals surface area contributed by atoms with E-state index in [1.165, 1.54) is 35.6 Å². The molecule has 1 heterocycles. The van der Waals surface area contributed by atoms with Crippen molar-refractivity contribution in [3.05, 3.63) is 70.7 Å². The summed E-state index contributed by atoms with van der Waals surface area (Å²) in [5, 5.41) is 4.90. The molecule has 2 N–H and O–H groups in total. The van der Waals surface area contributed by atoms with Crippen LogP contribution in [0.3, 0.4) is 0 Å². The summed E-state index contributed by atoms with van der Waals surface area (Å²) in [5.74, 6) is -0.341. The SMILES string of the molecule is Cc1cccc(NS(=O)(=O)c2ccc(C(=O)Nc3nccs3)cc2)c1C. The molecule has 0 bridgehead atoms. The van der Waals surface area contributed by atoms with Crippen LogP contribution in [0.5, 0.6) is 0 Å². The van der Waals surface area contributed by atoms with E-state index in [9.17, 15) is 13.2 Å². The summed E-state index contributed by atoms with van der Waals surface area (Å²) < 4.78 is 27.8. The molecule has 0 radical (unpaired) electrons. The Morgan fingerprint density at radius 1 is 1.08 bits per heavy atom. The Morgan fingerprint density at radius 3 is 2.46 bits per heavy atom. The molecule has 6 nitrogen and oxygen atoms in total. The predicted molar refractivity (Wildman–Crippen MR) is 103 cm³/mol. The molecule has 134 valence electrons. The molecule has 0 saturated carbocycles. The fourth-order valence-corrected chi connectivity index (χ4v) is 3.95. The van der Waals surface area contributed by atoms with E-state index in [4.69, 9.17) is 0 Å². The zero-order valence-electron chi connectivity index (χ0n) is 14.2. The molecule has 0 unspecified atom stereocenters. The second kappa shape index (κ2) is 7.27. The molecule has 2 aromatic carbocycles. The molecule has 0 spiro atoms. The number of hydrogen-bond acceptors (Lipinski definition) is 5. The van der Waals surface area contributed by atoms with Gasteiger partial charge in [-0.15, -0.1) is 11.3 Å². The summed E-state index contributed by atoms with van der Waals surface area (Å²) in [6.45, 7) is 3.78. The molecule has 1 aromatic heterocycles. The van der Waals surface area contributed by atoms with Crippen LogP contribution in [0.25, 0.3) is 0 Å². The van der Waals surface area contributed by atoms with E-state index in [2.05, 4.69) is 15.0 Å². The third-order valence-electron chi connectivity index (χ3n) is 3.93. The highest BCUT2D eigenvalue weighted by Gasteiger charge is 2.17. The number of aryl methyl sites for hydroxylation is 1. The maximum Gasteiger partial charge on any atom is 0.261 e. The van der Waals surface area contributed by atoms with Crippen LogP contribution in [0.2, 0.25) is 0 Å². The number of amides is 1. The van der Waals surface area contributed by atoms with Crippen LogP contribution in [-0.2, 0) is 10.0 Å². The number of nitrogens with zero attached hydrogens (tertiary/aromatic N) is 1. The summed E-state index contributed by atoms with van der Waals surface area (Å²) in [6.07, 6.45) is 1.59. The van der Waals surface area contributed by atoms with Crippen LogP contribution >= 0.6 is 11.3 Å². The summed E-state index contributed by atoms with van der Waals surface area (Å²) in [7, 11) is -3.74. The highest BCUT2D eigenvalue weighted by molar-refractivity contribution is 7.92. The van der Waals surface area contributed by atoms with Crippen molar-refractivity contribution in [2.45, 2.75) is 18.7 Å². The van der Waals surface area contributed by atoms with E-state index in [0.717, 1.165) is 11.1 Å². The summed E-state index contributed by atoms with van der Waals surface area (Å²) in [4.78, 5) is 16.2. The van der Waals surface area contributed by atoms with Gasteiger partial charge in [0.2, 0.25) is 0 Å². The highest BCUT2D eigenvalue weighted by atomic mass is 32.2. The van der Waals surface area contributed by atoms with E-state index in [0.29, 0.717) is 16.4 Å². The van der Waals surface area contributed by atoms with Gasteiger partial charge in [-0.25, -0.2) is 13.4 Å². The highest BCUT2D eigenvalue weighted by Crippen LogP contribution is 2.22. The third-order valence-corrected chi connectivity index (χ3v) is 6.00. The molecular weight excluding hydrogens is 370 g/mol. The number of carbonyl (C=O) groups is 1. The monoisotopic (exact) mass is 387 g/mol. The fourth-order valence-electron chi connectivity index (χ4n) is 2.31. The first kappa shape index (κ1) is 18.1. The minimum atomic E-state index is -3.74. The number of aromatic nitrogens is 1. The van der Waals surface area contributed by atoms with Crippen LogP contribution < -0.4 is 10.0 Å². The topological polar surface area (TPSA) is 88.2 Å². The maximum absolute atomic E-state index is 12.6. The van der Waals surface area contributed by atoms with Crippen molar-refractivity contribution in [3.8, 4) is 0 Å². The number of thiazole rings is 1. The van der Waals surface area contributed by atoms with Gasteiger partial charge in [0.05, 0.1) is 10.6 Å². The van der Waals surface area contributed by atoms with Gasteiger partial charge >= 0.3 is 0 Å². The lowest BCUT2D eigenvalue weighted by Crippen LogP contribution is -2.15. The molecule has 0 aliphatic carbocycles. The first-order valence-electron chi connectivity index (χ1n) is 7.77. The number of hydrogen-bond donors (Lipinski definition) is 2. The third kappa shape index (κ3) is 3.92. The Bertz CT molecular complexity index is 1030. The molecule has 0 aliphatic heterocycles. The molecule has 0 saturated heterocycles. The Kier molecular flexibility index (Phi) is 5.06. The van der Waals surface area contributed by atoms with Gasteiger partial charge in [0, 0.05) is 17.1 Å². The number of carbonyl (C=O) groups excluding carboxylic acids is 1. The molecule has 3 rings (SSSR count). The largest absolute Gasteiger partial charge is 0.298 e. The van der Waals surface area contributed by atoms with Gasteiger partial charge in [-0.05, 0) is 55.3 Å². The van der Waals surface area contributed by atoms with Crippen LogP contribution in [0.1, 0.15) is 21.5 Å². The van der Waals surface area contributed by atoms with Crippen molar-refractivity contribution in [2.75, 3.05) is 10.0 Å². The van der Waals surface area contributed by atoms with Gasteiger partial charge in [0.15, 0.2) is 5.13 Å². The van der Waals surface area contributed by atoms with Crippen LogP contribution in [0.15, 0.2) is 58.9 Å².